The number of rotatable bonds is 7. The lowest BCUT2D eigenvalue weighted by molar-refractivity contribution is -0.139. The number of para-hydroxylation sites is 1. The SMILES string of the molecule is CCOc1ccc(N2CC=C[C@@]3(C)S[C@]45C=CCN(c6c(C)cccc6C)C(=O)C4N(CCCO)C(=O)[C@@H]5[C@H]3C2=O)cc1. The number of aliphatic hydroxyl groups is 1. The van der Waals surface area contributed by atoms with Gasteiger partial charge < -0.3 is 24.5 Å². The van der Waals surface area contributed by atoms with Gasteiger partial charge in [-0.1, -0.05) is 42.5 Å². The van der Waals surface area contributed by atoms with Crippen molar-refractivity contribution in [2.45, 2.75) is 49.7 Å². The number of anilines is 2. The first-order valence-corrected chi connectivity index (χ1v) is 15.9. The van der Waals surface area contributed by atoms with Gasteiger partial charge in [0.2, 0.25) is 11.8 Å². The molecule has 4 aliphatic heterocycles. The van der Waals surface area contributed by atoms with Crippen molar-refractivity contribution in [1.29, 1.82) is 0 Å². The number of carbonyl (C=O) groups excluding carboxylic acids is 3. The predicted octanol–water partition coefficient (Wildman–Crippen LogP) is 4.28. The van der Waals surface area contributed by atoms with Crippen molar-refractivity contribution in [2.24, 2.45) is 11.8 Å². The number of amides is 3. The molecule has 4 aliphatic rings. The number of ether oxygens (including phenoxy) is 1. The molecular weight excluding hydrogens is 562 g/mol. The lowest BCUT2D eigenvalue weighted by atomic mass is 9.74. The number of fused-ring (bicyclic) bond motifs is 2. The van der Waals surface area contributed by atoms with Crippen LogP contribution in [0.1, 0.15) is 31.4 Å². The molecule has 1 unspecified atom stereocenters. The Morgan fingerprint density at radius 3 is 2.26 bits per heavy atom. The van der Waals surface area contributed by atoms with Crippen molar-refractivity contribution in [3.63, 3.8) is 0 Å². The first-order valence-electron chi connectivity index (χ1n) is 15.1. The molecule has 1 spiro atoms. The van der Waals surface area contributed by atoms with Crippen LogP contribution in [0.15, 0.2) is 66.8 Å². The number of aryl methyl sites for hydroxylation is 2. The second-order valence-electron chi connectivity index (χ2n) is 12.0. The second kappa shape index (κ2) is 11.2. The third-order valence-corrected chi connectivity index (χ3v) is 11.1. The second-order valence-corrected chi connectivity index (χ2v) is 13.8. The van der Waals surface area contributed by atoms with E-state index in [9.17, 15) is 19.5 Å². The molecule has 2 fully saturated rings. The van der Waals surface area contributed by atoms with Crippen LogP contribution in [0.4, 0.5) is 11.4 Å². The Morgan fingerprint density at radius 2 is 1.58 bits per heavy atom. The monoisotopic (exact) mass is 601 g/mol. The number of nitrogens with zero attached hydrogens (tertiary/aromatic N) is 3. The van der Waals surface area contributed by atoms with Gasteiger partial charge in [-0.3, -0.25) is 14.4 Å². The molecule has 43 heavy (non-hydrogen) atoms. The van der Waals surface area contributed by atoms with Crippen LogP contribution in [0.3, 0.4) is 0 Å². The summed E-state index contributed by atoms with van der Waals surface area (Å²) in [4.78, 5) is 49.0. The molecule has 1 N–H and O–H groups in total. The van der Waals surface area contributed by atoms with Gasteiger partial charge in [0.05, 0.1) is 23.2 Å². The zero-order valence-electron chi connectivity index (χ0n) is 25.2. The zero-order valence-corrected chi connectivity index (χ0v) is 26.0. The smallest absolute Gasteiger partial charge is 0.251 e. The predicted molar refractivity (Wildman–Crippen MR) is 169 cm³/mol. The summed E-state index contributed by atoms with van der Waals surface area (Å²) in [5, 5.41) is 9.72. The van der Waals surface area contributed by atoms with Crippen LogP contribution in [0, 0.1) is 25.7 Å². The Bertz CT molecular complexity index is 1490. The van der Waals surface area contributed by atoms with E-state index in [4.69, 9.17) is 4.74 Å². The van der Waals surface area contributed by atoms with Crippen LogP contribution in [-0.4, -0.2) is 76.1 Å². The van der Waals surface area contributed by atoms with Gasteiger partial charge in [-0.05, 0) is 69.5 Å². The van der Waals surface area contributed by atoms with E-state index in [1.165, 1.54) is 0 Å². The van der Waals surface area contributed by atoms with Gasteiger partial charge >= 0.3 is 0 Å². The minimum Gasteiger partial charge on any atom is -0.494 e. The van der Waals surface area contributed by atoms with Crippen LogP contribution in [0.2, 0.25) is 0 Å². The summed E-state index contributed by atoms with van der Waals surface area (Å²) in [6, 6.07) is 12.6. The summed E-state index contributed by atoms with van der Waals surface area (Å²) in [6.45, 7) is 9.41. The molecule has 0 saturated carbocycles. The molecule has 2 aromatic rings. The van der Waals surface area contributed by atoms with E-state index in [1.807, 2.05) is 88.4 Å². The van der Waals surface area contributed by atoms with Crippen molar-refractivity contribution in [1.82, 2.24) is 4.90 Å². The average Bonchev–Trinajstić information content (AvgIpc) is 3.24. The molecule has 3 amide bonds. The molecule has 5 atom stereocenters. The number of carbonyl (C=O) groups is 3. The molecule has 0 bridgehead atoms. The molecule has 0 radical (unpaired) electrons. The average molecular weight is 602 g/mol. The van der Waals surface area contributed by atoms with Crippen molar-refractivity contribution in [3.05, 3.63) is 77.9 Å². The number of thioether (sulfide) groups is 1. The minimum atomic E-state index is -0.934. The standard InChI is InChI=1S/C34H39N3O5S/c1-5-42-25-14-12-24(13-15-25)35-18-7-16-33(4)26(30(35)39)27-31(40)37(20-9-21-38)29-32(41)36(19-8-17-34(27,29)43-33)28-22(2)10-6-11-23(28)3/h6-8,10-17,26-27,29,38H,5,9,18-21H2,1-4H3/t26-,27-,29?,33+,34-/m0/s1. The van der Waals surface area contributed by atoms with Gasteiger partial charge in [0, 0.05) is 42.4 Å². The lowest BCUT2D eigenvalue weighted by Crippen LogP contribution is -2.54. The minimum absolute atomic E-state index is 0.0969. The van der Waals surface area contributed by atoms with Gasteiger partial charge in [0.1, 0.15) is 11.8 Å². The Kier molecular flexibility index (Phi) is 7.67. The van der Waals surface area contributed by atoms with E-state index in [-0.39, 0.29) is 30.9 Å². The van der Waals surface area contributed by atoms with Crippen LogP contribution in [-0.2, 0) is 14.4 Å². The van der Waals surface area contributed by atoms with Gasteiger partial charge in [0.25, 0.3) is 5.91 Å². The molecule has 2 saturated heterocycles. The Hall–Kier alpha value is -3.56. The highest BCUT2D eigenvalue weighted by Gasteiger charge is 2.74. The summed E-state index contributed by atoms with van der Waals surface area (Å²) in [5.74, 6) is -1.15. The molecule has 9 heteroatoms. The zero-order chi connectivity index (χ0) is 30.5. The third-order valence-electron chi connectivity index (χ3n) is 9.28. The van der Waals surface area contributed by atoms with Crippen molar-refractivity contribution in [2.75, 3.05) is 42.6 Å². The fourth-order valence-corrected chi connectivity index (χ4v) is 9.71. The van der Waals surface area contributed by atoms with Crippen molar-refractivity contribution >= 4 is 40.9 Å². The van der Waals surface area contributed by atoms with Crippen molar-refractivity contribution in [3.8, 4) is 5.75 Å². The van der Waals surface area contributed by atoms with Gasteiger partial charge in [-0.25, -0.2) is 0 Å². The fraction of sp³-hybridized carbons (Fsp3) is 0.441. The first-order chi connectivity index (χ1) is 20.7. The van der Waals surface area contributed by atoms with E-state index in [0.717, 1.165) is 28.3 Å². The summed E-state index contributed by atoms with van der Waals surface area (Å²) in [7, 11) is 0. The Labute approximate surface area is 257 Å². The maximum absolute atomic E-state index is 14.7. The molecule has 4 heterocycles. The molecule has 6 rings (SSSR count). The molecule has 2 aromatic carbocycles. The Morgan fingerprint density at radius 1 is 0.907 bits per heavy atom. The maximum atomic E-state index is 14.7. The van der Waals surface area contributed by atoms with E-state index in [0.29, 0.717) is 26.1 Å². The van der Waals surface area contributed by atoms with Gasteiger partial charge in [-0.2, -0.15) is 0 Å². The van der Waals surface area contributed by atoms with Gasteiger partial charge in [-0.15, -0.1) is 11.8 Å². The summed E-state index contributed by atoms with van der Waals surface area (Å²) < 4.78 is 3.97. The molecule has 8 nitrogen and oxygen atoms in total. The number of aliphatic hydroxyl groups excluding tert-OH is 1. The highest BCUT2D eigenvalue weighted by atomic mass is 32.2. The first kappa shape index (κ1) is 29.5. The number of benzene rings is 2. The summed E-state index contributed by atoms with van der Waals surface area (Å²) >= 11 is 1.57. The topological polar surface area (TPSA) is 90.4 Å². The highest BCUT2D eigenvalue weighted by Crippen LogP contribution is 2.65. The largest absolute Gasteiger partial charge is 0.494 e. The molecular formula is C34H39N3O5S. The highest BCUT2D eigenvalue weighted by molar-refractivity contribution is 8.02. The molecule has 226 valence electrons. The van der Waals surface area contributed by atoms with E-state index in [2.05, 4.69) is 6.08 Å². The summed E-state index contributed by atoms with van der Waals surface area (Å²) in [5.41, 5.74) is 3.57. The van der Waals surface area contributed by atoms with E-state index < -0.39 is 27.4 Å². The maximum Gasteiger partial charge on any atom is 0.251 e. The third kappa shape index (κ3) is 4.59. The van der Waals surface area contributed by atoms with E-state index >= 15 is 0 Å². The van der Waals surface area contributed by atoms with Crippen molar-refractivity contribution < 1.29 is 24.2 Å². The van der Waals surface area contributed by atoms with E-state index in [1.54, 1.807) is 26.5 Å². The lowest BCUT2D eigenvalue weighted by Gasteiger charge is -2.37. The Balaban J connectivity index is 1.44. The quantitative estimate of drug-likeness (QED) is 0.477. The van der Waals surface area contributed by atoms with Crippen LogP contribution >= 0.6 is 11.8 Å². The number of hydrogen-bond donors (Lipinski definition) is 1. The number of hydrogen-bond acceptors (Lipinski definition) is 6. The summed E-state index contributed by atoms with van der Waals surface area (Å²) in [6.07, 6.45) is 8.46. The van der Waals surface area contributed by atoms with Crippen LogP contribution in [0.5, 0.6) is 5.75 Å². The fourth-order valence-electron chi connectivity index (χ4n) is 7.56. The van der Waals surface area contributed by atoms with Crippen LogP contribution in [0.25, 0.3) is 0 Å². The molecule has 0 aliphatic carbocycles. The van der Waals surface area contributed by atoms with Crippen LogP contribution < -0.4 is 14.5 Å². The molecule has 0 aromatic heterocycles. The normalized spacial score (nSPS) is 29.8. The van der Waals surface area contributed by atoms with Gasteiger partial charge in [0.15, 0.2) is 0 Å². The number of likely N-dealkylation sites (tertiary alicyclic amines) is 1.